The van der Waals surface area contributed by atoms with Crippen molar-refractivity contribution in [2.75, 3.05) is 0 Å². The zero-order valence-electron chi connectivity index (χ0n) is 5.66. The molecule has 0 bridgehead atoms. The summed E-state index contributed by atoms with van der Waals surface area (Å²) in [5, 5.41) is 8.35. The quantitative estimate of drug-likeness (QED) is 0.227. The summed E-state index contributed by atoms with van der Waals surface area (Å²) in [7, 11) is 0. The molecule has 0 aliphatic rings. The SMILES string of the molecule is CC(NNN)C(N)C(=O)O. The van der Waals surface area contributed by atoms with E-state index in [0.29, 0.717) is 0 Å². The second-order valence-corrected chi connectivity index (χ2v) is 1.94. The Morgan fingerprint density at radius 2 is 2.20 bits per heavy atom. The van der Waals surface area contributed by atoms with Crippen molar-refractivity contribution in [1.29, 1.82) is 0 Å². The smallest absolute Gasteiger partial charge is 0.322 e. The van der Waals surface area contributed by atoms with Crippen LogP contribution in [0.4, 0.5) is 0 Å². The van der Waals surface area contributed by atoms with Crippen LogP contribution in [-0.4, -0.2) is 23.2 Å². The molecule has 0 radical (unpaired) electrons. The molecule has 0 fully saturated rings. The van der Waals surface area contributed by atoms with Gasteiger partial charge in [0.15, 0.2) is 0 Å². The Hall–Kier alpha value is -0.690. The van der Waals surface area contributed by atoms with Gasteiger partial charge in [0, 0.05) is 6.04 Å². The Bertz CT molecular complexity index is 118. The number of hydrazine groups is 2. The second kappa shape index (κ2) is 4.18. The first kappa shape index (κ1) is 9.31. The van der Waals surface area contributed by atoms with Crippen molar-refractivity contribution in [3.63, 3.8) is 0 Å². The van der Waals surface area contributed by atoms with Crippen LogP contribution >= 0.6 is 0 Å². The van der Waals surface area contributed by atoms with Crippen molar-refractivity contribution in [3.8, 4) is 0 Å². The predicted octanol–water partition coefficient (Wildman–Crippen LogP) is -2.25. The molecule has 0 heterocycles. The van der Waals surface area contributed by atoms with Gasteiger partial charge in [0.25, 0.3) is 0 Å². The van der Waals surface area contributed by atoms with E-state index in [2.05, 4.69) is 11.0 Å². The highest BCUT2D eigenvalue weighted by atomic mass is 16.4. The minimum atomic E-state index is -1.06. The zero-order valence-corrected chi connectivity index (χ0v) is 5.66. The average Bonchev–Trinajstić information content (AvgIpc) is 1.87. The van der Waals surface area contributed by atoms with Crippen molar-refractivity contribution >= 4 is 5.97 Å². The number of carboxylic acids is 1. The summed E-state index contributed by atoms with van der Waals surface area (Å²) in [5.41, 5.74) is 9.75. The number of nitrogens with two attached hydrogens (primary N) is 2. The molecular formula is C4H12N4O2. The lowest BCUT2D eigenvalue weighted by Gasteiger charge is -2.15. The molecule has 2 atom stereocenters. The molecule has 0 amide bonds. The van der Waals surface area contributed by atoms with E-state index < -0.39 is 18.1 Å². The van der Waals surface area contributed by atoms with Gasteiger partial charge < -0.3 is 10.8 Å². The lowest BCUT2D eigenvalue weighted by molar-refractivity contribution is -0.139. The van der Waals surface area contributed by atoms with E-state index in [1.54, 1.807) is 6.92 Å². The van der Waals surface area contributed by atoms with E-state index in [1.807, 2.05) is 0 Å². The Morgan fingerprint density at radius 1 is 1.70 bits per heavy atom. The first-order valence-electron chi connectivity index (χ1n) is 2.79. The zero-order chi connectivity index (χ0) is 8.15. The highest BCUT2D eigenvalue weighted by Gasteiger charge is 2.18. The van der Waals surface area contributed by atoms with E-state index >= 15 is 0 Å². The summed E-state index contributed by atoms with van der Waals surface area (Å²) in [6.07, 6.45) is 0. The summed E-state index contributed by atoms with van der Waals surface area (Å²) in [6, 6.07) is -1.35. The van der Waals surface area contributed by atoms with Crippen molar-refractivity contribution < 1.29 is 9.90 Å². The maximum atomic E-state index is 10.2. The minimum Gasteiger partial charge on any atom is -0.480 e. The van der Waals surface area contributed by atoms with Crippen LogP contribution in [0.1, 0.15) is 6.92 Å². The van der Waals surface area contributed by atoms with Crippen molar-refractivity contribution in [1.82, 2.24) is 11.0 Å². The van der Waals surface area contributed by atoms with Crippen molar-refractivity contribution in [2.45, 2.75) is 19.0 Å². The maximum absolute atomic E-state index is 10.2. The van der Waals surface area contributed by atoms with Gasteiger partial charge in [-0.05, 0) is 6.92 Å². The highest BCUT2D eigenvalue weighted by molar-refractivity contribution is 5.73. The standard InChI is InChI=1S/C4H12N4O2/c1-2(7-8-6)3(5)4(9)10/h2-3,7-8H,5-6H2,1H3,(H,9,10). The van der Waals surface area contributed by atoms with Gasteiger partial charge in [-0.1, -0.05) is 0 Å². The molecule has 7 N–H and O–H groups in total. The number of hydrogen-bond acceptors (Lipinski definition) is 5. The first-order valence-corrected chi connectivity index (χ1v) is 2.79. The fraction of sp³-hybridized carbons (Fsp3) is 0.750. The molecule has 0 aromatic carbocycles. The van der Waals surface area contributed by atoms with Crippen LogP contribution in [0.3, 0.4) is 0 Å². The monoisotopic (exact) mass is 148 g/mol. The molecule has 6 nitrogen and oxygen atoms in total. The number of nitrogens with one attached hydrogen (secondary N) is 2. The van der Waals surface area contributed by atoms with Crippen LogP contribution in [0.5, 0.6) is 0 Å². The van der Waals surface area contributed by atoms with Gasteiger partial charge >= 0.3 is 5.97 Å². The van der Waals surface area contributed by atoms with Gasteiger partial charge in [-0.3, -0.25) is 10.6 Å². The van der Waals surface area contributed by atoms with E-state index in [-0.39, 0.29) is 0 Å². The molecule has 0 rings (SSSR count). The third kappa shape index (κ3) is 2.74. The lowest BCUT2D eigenvalue weighted by atomic mass is 10.2. The summed E-state index contributed by atoms with van der Waals surface area (Å²) >= 11 is 0. The van der Waals surface area contributed by atoms with Crippen molar-refractivity contribution in [2.24, 2.45) is 11.6 Å². The van der Waals surface area contributed by atoms with E-state index in [1.165, 1.54) is 0 Å². The largest absolute Gasteiger partial charge is 0.480 e. The lowest BCUT2D eigenvalue weighted by Crippen LogP contribution is -2.54. The fourth-order valence-electron chi connectivity index (χ4n) is 0.435. The molecule has 0 aliphatic carbocycles. The third-order valence-electron chi connectivity index (χ3n) is 1.13. The Labute approximate surface area is 58.5 Å². The Morgan fingerprint density at radius 3 is 2.50 bits per heavy atom. The Kier molecular flexibility index (Phi) is 3.89. The number of hydrogen-bond donors (Lipinski definition) is 5. The van der Waals surface area contributed by atoms with Gasteiger partial charge in [0.05, 0.1) is 0 Å². The van der Waals surface area contributed by atoms with E-state index in [0.717, 1.165) is 0 Å². The molecular weight excluding hydrogens is 136 g/mol. The average molecular weight is 148 g/mol. The topological polar surface area (TPSA) is 113 Å². The fourth-order valence-corrected chi connectivity index (χ4v) is 0.435. The molecule has 60 valence electrons. The Balaban J connectivity index is 3.69. The van der Waals surface area contributed by atoms with Crippen LogP contribution in [0.25, 0.3) is 0 Å². The molecule has 6 heteroatoms. The van der Waals surface area contributed by atoms with Crippen molar-refractivity contribution in [3.05, 3.63) is 0 Å². The van der Waals surface area contributed by atoms with Gasteiger partial charge in [-0.15, -0.1) is 0 Å². The maximum Gasteiger partial charge on any atom is 0.322 e. The van der Waals surface area contributed by atoms with Crippen LogP contribution in [-0.2, 0) is 4.79 Å². The number of carboxylic acid groups (broad SMARTS) is 1. The molecule has 0 aromatic rings. The second-order valence-electron chi connectivity index (χ2n) is 1.94. The van der Waals surface area contributed by atoms with Crippen LogP contribution in [0.15, 0.2) is 0 Å². The molecule has 10 heavy (non-hydrogen) atoms. The predicted molar refractivity (Wildman–Crippen MR) is 35.5 cm³/mol. The van der Waals surface area contributed by atoms with Crippen LogP contribution in [0.2, 0.25) is 0 Å². The van der Waals surface area contributed by atoms with E-state index in [4.69, 9.17) is 16.7 Å². The number of carbonyl (C=O) groups is 1. The first-order chi connectivity index (χ1) is 4.59. The number of aliphatic carboxylic acids is 1. The van der Waals surface area contributed by atoms with E-state index in [9.17, 15) is 4.79 Å². The molecule has 0 aliphatic heterocycles. The van der Waals surface area contributed by atoms with Gasteiger partial charge in [0.2, 0.25) is 0 Å². The third-order valence-corrected chi connectivity index (χ3v) is 1.13. The summed E-state index contributed by atoms with van der Waals surface area (Å²) < 4.78 is 0. The molecule has 0 saturated heterocycles. The van der Waals surface area contributed by atoms with Gasteiger partial charge in [-0.25, -0.2) is 5.43 Å². The summed E-state index contributed by atoms with van der Waals surface area (Å²) in [6.45, 7) is 1.61. The van der Waals surface area contributed by atoms with Crippen LogP contribution < -0.4 is 22.5 Å². The highest BCUT2D eigenvalue weighted by Crippen LogP contribution is 1.86. The molecule has 0 saturated carbocycles. The normalized spacial score (nSPS) is 16.3. The summed E-state index contributed by atoms with van der Waals surface area (Å²) in [4.78, 5) is 10.2. The minimum absolute atomic E-state index is 0.400. The van der Waals surface area contributed by atoms with Gasteiger partial charge in [0.1, 0.15) is 6.04 Å². The molecule has 0 aromatic heterocycles. The number of rotatable bonds is 4. The molecule has 0 spiro atoms. The van der Waals surface area contributed by atoms with Gasteiger partial charge in [-0.2, -0.15) is 5.53 Å². The van der Waals surface area contributed by atoms with Crippen LogP contribution in [0, 0.1) is 0 Å². The summed E-state index contributed by atoms with van der Waals surface area (Å²) in [5.74, 6) is 3.80. The molecule has 2 unspecified atom stereocenters.